The molecule has 0 aliphatic heterocycles. The van der Waals surface area contributed by atoms with E-state index in [1.54, 1.807) is 6.20 Å². The van der Waals surface area contributed by atoms with Gasteiger partial charge in [0.2, 0.25) is 0 Å². The first kappa shape index (κ1) is 15.5. The number of rotatable bonds is 6. The minimum Gasteiger partial charge on any atom is -0.396 e. The number of carbonyl (C=O) groups is 1. The minimum absolute atomic E-state index is 0.136. The van der Waals surface area contributed by atoms with Crippen molar-refractivity contribution in [3.8, 4) is 10.4 Å². The van der Waals surface area contributed by atoms with Crippen LogP contribution < -0.4 is 10.6 Å². The molecule has 0 aliphatic rings. The van der Waals surface area contributed by atoms with E-state index in [1.165, 1.54) is 11.3 Å². The quantitative estimate of drug-likeness (QED) is 0.768. The summed E-state index contributed by atoms with van der Waals surface area (Å²) in [4.78, 5) is 17.0. The molecule has 1 heterocycles. The first-order chi connectivity index (χ1) is 10.2. The van der Waals surface area contributed by atoms with Crippen molar-refractivity contribution in [2.24, 2.45) is 5.92 Å². The molecule has 2 rings (SSSR count). The van der Waals surface area contributed by atoms with E-state index < -0.39 is 0 Å². The third-order valence-electron chi connectivity index (χ3n) is 3.02. The number of hydrogen-bond acceptors (Lipinski definition) is 4. The van der Waals surface area contributed by atoms with E-state index >= 15 is 0 Å². The van der Waals surface area contributed by atoms with Crippen LogP contribution in [0.25, 0.3) is 10.4 Å². The predicted octanol–water partition coefficient (Wildman–Crippen LogP) is 2.95. The monoisotopic (exact) mass is 305 g/mol. The third kappa shape index (κ3) is 4.84. The molecule has 2 aromatic rings. The number of aliphatic hydroxyl groups is 1. The predicted molar refractivity (Wildman–Crippen MR) is 85.4 cm³/mol. The highest BCUT2D eigenvalue weighted by Gasteiger charge is 2.08. The number of anilines is 1. The number of nitrogens with one attached hydrogen (secondary N) is 2. The summed E-state index contributed by atoms with van der Waals surface area (Å²) in [5.41, 5.74) is 1.08. The highest BCUT2D eigenvalue weighted by Crippen LogP contribution is 2.28. The molecular formula is C15H19N3O2S. The first-order valence-electron chi connectivity index (χ1n) is 6.86. The number of benzene rings is 1. The first-order valence-corrected chi connectivity index (χ1v) is 7.67. The van der Waals surface area contributed by atoms with Crippen molar-refractivity contribution < 1.29 is 9.90 Å². The second-order valence-corrected chi connectivity index (χ2v) is 5.88. The lowest BCUT2D eigenvalue weighted by Gasteiger charge is -2.10. The summed E-state index contributed by atoms with van der Waals surface area (Å²) in [5, 5.41) is 14.9. The van der Waals surface area contributed by atoms with Crippen molar-refractivity contribution in [2.75, 3.05) is 18.5 Å². The summed E-state index contributed by atoms with van der Waals surface area (Å²) < 4.78 is 0. The Hall–Kier alpha value is -1.92. The number of aliphatic hydroxyl groups excluding tert-OH is 1. The molecule has 1 aromatic carbocycles. The molecule has 0 bridgehead atoms. The highest BCUT2D eigenvalue weighted by molar-refractivity contribution is 7.19. The van der Waals surface area contributed by atoms with Gasteiger partial charge in [-0.3, -0.25) is 5.32 Å². The Morgan fingerprint density at radius 2 is 2.14 bits per heavy atom. The molecule has 0 saturated carbocycles. The van der Waals surface area contributed by atoms with E-state index in [0.29, 0.717) is 18.1 Å². The van der Waals surface area contributed by atoms with Crippen LogP contribution in [0, 0.1) is 5.92 Å². The van der Waals surface area contributed by atoms with Crippen LogP contribution in [0.1, 0.15) is 13.3 Å². The van der Waals surface area contributed by atoms with Crippen LogP contribution in [-0.2, 0) is 0 Å². The molecule has 5 nitrogen and oxygen atoms in total. The standard InChI is InChI=1S/C15H19N3O2S/c1-11(7-8-19)9-16-14(20)18-15-17-10-13(21-15)12-5-3-2-4-6-12/h2-6,10-11,19H,7-9H2,1H3,(H2,16,17,18,20). The van der Waals surface area contributed by atoms with Crippen molar-refractivity contribution in [1.82, 2.24) is 10.3 Å². The molecule has 0 saturated heterocycles. The Bertz CT molecular complexity index is 571. The molecule has 0 fully saturated rings. The third-order valence-corrected chi connectivity index (χ3v) is 3.98. The van der Waals surface area contributed by atoms with Gasteiger partial charge >= 0.3 is 6.03 Å². The summed E-state index contributed by atoms with van der Waals surface area (Å²) in [7, 11) is 0. The summed E-state index contributed by atoms with van der Waals surface area (Å²) in [5.74, 6) is 0.247. The van der Waals surface area contributed by atoms with Crippen molar-refractivity contribution in [2.45, 2.75) is 13.3 Å². The number of aromatic nitrogens is 1. The minimum atomic E-state index is -0.270. The Labute approximate surface area is 128 Å². The molecular weight excluding hydrogens is 286 g/mol. The highest BCUT2D eigenvalue weighted by atomic mass is 32.1. The smallest absolute Gasteiger partial charge is 0.321 e. The molecule has 112 valence electrons. The van der Waals surface area contributed by atoms with Gasteiger partial charge in [0.05, 0.1) is 4.88 Å². The number of urea groups is 1. The lowest BCUT2D eigenvalue weighted by atomic mass is 10.1. The molecule has 0 spiro atoms. The summed E-state index contributed by atoms with van der Waals surface area (Å²) in [6.45, 7) is 2.65. The summed E-state index contributed by atoms with van der Waals surface area (Å²) in [6.07, 6.45) is 2.43. The van der Waals surface area contributed by atoms with E-state index in [4.69, 9.17) is 5.11 Å². The lowest BCUT2D eigenvalue weighted by molar-refractivity contribution is 0.243. The zero-order valence-corrected chi connectivity index (χ0v) is 12.7. The van der Waals surface area contributed by atoms with Crippen LogP contribution in [0.2, 0.25) is 0 Å². The molecule has 1 atom stereocenters. The Kier molecular flexibility index (Phi) is 5.71. The molecule has 21 heavy (non-hydrogen) atoms. The van der Waals surface area contributed by atoms with E-state index in [-0.39, 0.29) is 18.6 Å². The number of carbonyl (C=O) groups excluding carboxylic acids is 1. The number of nitrogens with zero attached hydrogens (tertiary/aromatic N) is 1. The molecule has 2 amide bonds. The maximum atomic E-state index is 11.7. The lowest BCUT2D eigenvalue weighted by Crippen LogP contribution is -2.32. The maximum absolute atomic E-state index is 11.7. The number of amides is 2. The zero-order chi connectivity index (χ0) is 15.1. The maximum Gasteiger partial charge on any atom is 0.321 e. The van der Waals surface area contributed by atoms with Gasteiger partial charge in [0.25, 0.3) is 0 Å². The largest absolute Gasteiger partial charge is 0.396 e. The average molecular weight is 305 g/mol. The van der Waals surface area contributed by atoms with Crippen LogP contribution in [0.15, 0.2) is 36.5 Å². The van der Waals surface area contributed by atoms with Crippen LogP contribution in [0.5, 0.6) is 0 Å². The van der Waals surface area contributed by atoms with Gasteiger partial charge in [0.1, 0.15) is 0 Å². The van der Waals surface area contributed by atoms with Crippen molar-refractivity contribution in [3.05, 3.63) is 36.5 Å². The van der Waals surface area contributed by atoms with Gasteiger partial charge in [-0.15, -0.1) is 0 Å². The zero-order valence-electron chi connectivity index (χ0n) is 11.9. The molecule has 6 heteroatoms. The van der Waals surface area contributed by atoms with E-state index in [0.717, 1.165) is 10.4 Å². The van der Waals surface area contributed by atoms with Crippen LogP contribution in [0.3, 0.4) is 0 Å². The average Bonchev–Trinajstić information content (AvgIpc) is 2.95. The van der Waals surface area contributed by atoms with Crippen molar-refractivity contribution in [3.63, 3.8) is 0 Å². The second-order valence-electron chi connectivity index (χ2n) is 4.85. The van der Waals surface area contributed by atoms with Gasteiger partial charge in [-0.05, 0) is 17.9 Å². The summed E-state index contributed by atoms with van der Waals surface area (Å²) in [6, 6.07) is 9.65. The number of hydrogen-bond donors (Lipinski definition) is 3. The van der Waals surface area contributed by atoms with Gasteiger partial charge in [-0.1, -0.05) is 48.6 Å². The second kappa shape index (κ2) is 7.75. The van der Waals surface area contributed by atoms with Gasteiger partial charge in [0.15, 0.2) is 5.13 Å². The van der Waals surface area contributed by atoms with E-state index in [9.17, 15) is 4.79 Å². The van der Waals surface area contributed by atoms with Crippen LogP contribution in [-0.4, -0.2) is 29.3 Å². The van der Waals surface area contributed by atoms with Gasteiger partial charge in [0, 0.05) is 19.3 Å². The normalized spacial score (nSPS) is 11.9. The fraction of sp³-hybridized carbons (Fsp3) is 0.333. The van der Waals surface area contributed by atoms with Crippen molar-refractivity contribution >= 4 is 22.5 Å². The van der Waals surface area contributed by atoms with Crippen LogP contribution in [0.4, 0.5) is 9.93 Å². The Balaban J connectivity index is 1.86. The fourth-order valence-electron chi connectivity index (χ4n) is 1.80. The number of thiazole rings is 1. The van der Waals surface area contributed by atoms with Crippen LogP contribution >= 0.6 is 11.3 Å². The van der Waals surface area contributed by atoms with E-state index in [1.807, 2.05) is 37.3 Å². The Morgan fingerprint density at radius 3 is 2.86 bits per heavy atom. The molecule has 3 N–H and O–H groups in total. The SMILES string of the molecule is CC(CCO)CNC(=O)Nc1ncc(-c2ccccc2)s1. The fourth-order valence-corrected chi connectivity index (χ4v) is 2.62. The molecule has 1 aromatic heterocycles. The van der Waals surface area contributed by atoms with E-state index in [2.05, 4.69) is 15.6 Å². The Morgan fingerprint density at radius 1 is 1.38 bits per heavy atom. The van der Waals surface area contributed by atoms with Gasteiger partial charge < -0.3 is 10.4 Å². The van der Waals surface area contributed by atoms with Gasteiger partial charge in [-0.2, -0.15) is 0 Å². The molecule has 0 radical (unpaired) electrons. The summed E-state index contributed by atoms with van der Waals surface area (Å²) >= 11 is 1.44. The molecule has 0 aliphatic carbocycles. The van der Waals surface area contributed by atoms with Crippen molar-refractivity contribution in [1.29, 1.82) is 0 Å². The molecule has 1 unspecified atom stereocenters. The van der Waals surface area contributed by atoms with Gasteiger partial charge in [-0.25, -0.2) is 9.78 Å². The topological polar surface area (TPSA) is 74.2 Å².